The smallest absolute Gasteiger partial charge is 0.462 e. The molecule has 0 aromatic carbocycles. The quantitative estimate of drug-likeness (QED) is 0.0222. The fourth-order valence-corrected chi connectivity index (χ4v) is 15.0. The molecule has 17 nitrogen and oxygen atoms in total. The maximum absolute atomic E-state index is 13.1. The zero-order valence-corrected chi connectivity index (χ0v) is 71.9. The van der Waals surface area contributed by atoms with Crippen molar-refractivity contribution in [1.82, 2.24) is 0 Å². The Morgan fingerprint density at radius 1 is 0.264 bits per heavy atom. The van der Waals surface area contributed by atoms with Gasteiger partial charge in [-0.05, 0) is 49.4 Å². The fourth-order valence-electron chi connectivity index (χ4n) is 13.5. The van der Waals surface area contributed by atoms with Crippen LogP contribution in [0.25, 0.3) is 0 Å². The van der Waals surface area contributed by atoms with Gasteiger partial charge in [0.25, 0.3) is 0 Å². The van der Waals surface area contributed by atoms with E-state index >= 15 is 0 Å². The van der Waals surface area contributed by atoms with Crippen LogP contribution in [0.3, 0.4) is 0 Å². The molecule has 0 aromatic heterocycles. The van der Waals surface area contributed by atoms with Gasteiger partial charge in [-0.1, -0.05) is 402 Å². The number of hydrogen-bond acceptors (Lipinski definition) is 15. The average Bonchev–Trinajstić information content (AvgIpc) is 0.898. The molecule has 106 heavy (non-hydrogen) atoms. The van der Waals surface area contributed by atoms with E-state index in [-0.39, 0.29) is 25.7 Å². The van der Waals surface area contributed by atoms with Crippen molar-refractivity contribution in [2.24, 2.45) is 23.7 Å². The van der Waals surface area contributed by atoms with E-state index in [1.54, 1.807) is 0 Å². The summed E-state index contributed by atoms with van der Waals surface area (Å²) < 4.78 is 68.9. The maximum Gasteiger partial charge on any atom is 0.472 e. The lowest BCUT2D eigenvalue weighted by Crippen LogP contribution is -2.30. The van der Waals surface area contributed by atoms with Gasteiger partial charge in [0.05, 0.1) is 26.4 Å². The minimum atomic E-state index is -4.97. The van der Waals surface area contributed by atoms with E-state index in [1.165, 1.54) is 250 Å². The molecule has 0 heterocycles. The van der Waals surface area contributed by atoms with Crippen molar-refractivity contribution in [3.63, 3.8) is 0 Å². The third-order valence-electron chi connectivity index (χ3n) is 20.7. The predicted molar refractivity (Wildman–Crippen MR) is 437 cm³/mol. The second-order valence-electron chi connectivity index (χ2n) is 33.0. The lowest BCUT2D eigenvalue weighted by atomic mass is 9.99. The number of aliphatic hydroxyl groups excluding tert-OH is 1. The molecule has 0 radical (unpaired) electrons. The molecule has 0 spiro atoms. The van der Waals surface area contributed by atoms with Crippen LogP contribution in [0.15, 0.2) is 0 Å². The first-order valence-corrected chi connectivity index (χ1v) is 47.7. The molecule has 0 saturated carbocycles. The van der Waals surface area contributed by atoms with Gasteiger partial charge in [-0.2, -0.15) is 0 Å². The molecular formula is C87H170O17P2. The summed E-state index contributed by atoms with van der Waals surface area (Å²) in [4.78, 5) is 73.2. The molecule has 3 unspecified atom stereocenters. The van der Waals surface area contributed by atoms with Gasteiger partial charge < -0.3 is 33.8 Å². The normalized spacial score (nSPS) is 14.2. The van der Waals surface area contributed by atoms with Crippen LogP contribution in [0.1, 0.15) is 453 Å². The Labute approximate surface area is 651 Å². The number of hydrogen-bond donors (Lipinski definition) is 3. The molecule has 0 bridgehead atoms. The summed E-state index contributed by atoms with van der Waals surface area (Å²) in [6.45, 7) is 14.3. The average molecular weight is 1550 g/mol. The van der Waals surface area contributed by atoms with Crippen molar-refractivity contribution in [2.75, 3.05) is 39.6 Å². The zero-order valence-electron chi connectivity index (χ0n) is 70.1. The first kappa shape index (κ1) is 104. The second kappa shape index (κ2) is 75.7. The van der Waals surface area contributed by atoms with Crippen molar-refractivity contribution in [3.05, 3.63) is 0 Å². The summed E-state index contributed by atoms with van der Waals surface area (Å²) in [5.41, 5.74) is 0. The highest BCUT2D eigenvalue weighted by Crippen LogP contribution is 2.45. The summed E-state index contributed by atoms with van der Waals surface area (Å²) >= 11 is 0. The summed E-state index contributed by atoms with van der Waals surface area (Å²) in [7, 11) is -9.93. The van der Waals surface area contributed by atoms with Crippen LogP contribution >= 0.6 is 15.6 Å². The Morgan fingerprint density at radius 3 is 0.670 bits per heavy atom. The SMILES string of the molecule is CCC(C)CCCCCCCCCCCCCCCCCCCCC(=O)OC[C@H](COP(=O)(O)OC[C@@H](O)COP(=O)(O)OC[C@@H](COC(=O)CCCCCCCCC(C)C)OC(=O)CCCCCCCCCCCCCCCCC(C)C)OC(=O)CCCCCCCCCCCCCCCCCC(C)C. The standard InChI is InChI=1S/C87H170O17P2/c1-9-80(8)66-58-50-41-35-29-23-16-12-10-11-13-17-24-30-36-42-51-59-67-84(89)97-73-82(103-86(91)69-61-53-43-37-31-25-18-14-15-21-27-33-39-47-55-63-77(2)3)75-101-105(93,94)99-71-81(88)72-100-106(95,96)102-76-83(74-98-85(90)68-60-52-46-45-49-57-65-79(6)7)104-87(92)70-62-54-44-38-32-26-20-19-22-28-34-40-48-56-64-78(4)5/h77-83,88H,9-76H2,1-8H3,(H,93,94)(H,95,96)/t80?,81-,82-,83-/m1/s1. The van der Waals surface area contributed by atoms with E-state index < -0.39 is 97.5 Å². The molecule has 3 N–H and O–H groups in total. The van der Waals surface area contributed by atoms with E-state index in [1.807, 2.05) is 0 Å². The molecule has 0 aromatic rings. The molecule has 0 fully saturated rings. The Kier molecular flexibility index (Phi) is 74.3. The van der Waals surface area contributed by atoms with E-state index in [2.05, 4.69) is 55.4 Å². The number of phosphoric ester groups is 2. The highest BCUT2D eigenvalue weighted by atomic mass is 31.2. The first-order chi connectivity index (χ1) is 51.1. The van der Waals surface area contributed by atoms with Gasteiger partial charge in [-0.3, -0.25) is 37.3 Å². The number of ether oxygens (including phenoxy) is 4. The summed E-state index contributed by atoms with van der Waals surface area (Å²) in [5, 5.41) is 10.7. The molecule has 19 heteroatoms. The molecule has 6 atom stereocenters. The molecule has 0 saturated heterocycles. The Hall–Kier alpha value is -1.94. The number of rotatable bonds is 84. The largest absolute Gasteiger partial charge is 0.472 e. The van der Waals surface area contributed by atoms with Gasteiger partial charge >= 0.3 is 39.5 Å². The van der Waals surface area contributed by atoms with Gasteiger partial charge in [-0.25, -0.2) is 9.13 Å². The molecule has 630 valence electrons. The topological polar surface area (TPSA) is 237 Å². The summed E-state index contributed by atoms with van der Waals surface area (Å²) in [6.07, 6.45) is 65.4. The summed E-state index contributed by atoms with van der Waals surface area (Å²) in [6, 6.07) is 0. The van der Waals surface area contributed by atoms with E-state index in [9.17, 15) is 43.2 Å². The highest BCUT2D eigenvalue weighted by molar-refractivity contribution is 7.47. The van der Waals surface area contributed by atoms with Crippen LogP contribution in [0, 0.1) is 23.7 Å². The molecule has 0 aliphatic heterocycles. The molecule has 0 rings (SSSR count). The van der Waals surface area contributed by atoms with Crippen LogP contribution in [0.4, 0.5) is 0 Å². The number of carbonyl (C=O) groups is 4. The van der Waals surface area contributed by atoms with Gasteiger partial charge in [0.1, 0.15) is 19.3 Å². The minimum Gasteiger partial charge on any atom is -0.462 e. The molecule has 0 aliphatic carbocycles. The highest BCUT2D eigenvalue weighted by Gasteiger charge is 2.31. The van der Waals surface area contributed by atoms with Crippen LogP contribution in [-0.4, -0.2) is 96.7 Å². The second-order valence-corrected chi connectivity index (χ2v) is 35.9. The van der Waals surface area contributed by atoms with Gasteiger partial charge in [-0.15, -0.1) is 0 Å². The molecular weight excluding hydrogens is 1380 g/mol. The zero-order chi connectivity index (χ0) is 78.1. The lowest BCUT2D eigenvalue weighted by molar-refractivity contribution is -0.161. The number of carbonyl (C=O) groups excluding carboxylic acids is 4. The number of phosphoric acid groups is 2. The van der Waals surface area contributed by atoms with Crippen molar-refractivity contribution in [3.8, 4) is 0 Å². The van der Waals surface area contributed by atoms with E-state index in [0.717, 1.165) is 114 Å². The number of unbranched alkanes of at least 4 members (excludes halogenated alkanes) is 49. The van der Waals surface area contributed by atoms with Crippen LogP contribution < -0.4 is 0 Å². The third kappa shape index (κ3) is 78.7. The number of esters is 4. The predicted octanol–water partition coefficient (Wildman–Crippen LogP) is 26.3. The van der Waals surface area contributed by atoms with Gasteiger partial charge in [0, 0.05) is 25.7 Å². The molecule has 0 aliphatic rings. The third-order valence-corrected chi connectivity index (χ3v) is 22.6. The van der Waals surface area contributed by atoms with Gasteiger partial charge in [0.2, 0.25) is 0 Å². The summed E-state index contributed by atoms with van der Waals surface area (Å²) in [5.74, 6) is 1.04. The van der Waals surface area contributed by atoms with Crippen LogP contribution in [0.2, 0.25) is 0 Å². The van der Waals surface area contributed by atoms with Crippen LogP contribution in [-0.2, 0) is 65.4 Å². The number of aliphatic hydroxyl groups is 1. The van der Waals surface area contributed by atoms with E-state index in [0.29, 0.717) is 31.6 Å². The van der Waals surface area contributed by atoms with Crippen molar-refractivity contribution in [1.29, 1.82) is 0 Å². The lowest BCUT2D eigenvalue weighted by Gasteiger charge is -2.21. The first-order valence-electron chi connectivity index (χ1n) is 44.7. The van der Waals surface area contributed by atoms with E-state index in [4.69, 9.17) is 37.0 Å². The molecule has 0 amide bonds. The Morgan fingerprint density at radius 2 is 0.453 bits per heavy atom. The minimum absolute atomic E-state index is 0.106. The van der Waals surface area contributed by atoms with Crippen molar-refractivity contribution in [2.45, 2.75) is 472 Å². The van der Waals surface area contributed by atoms with Crippen LogP contribution in [0.5, 0.6) is 0 Å². The fraction of sp³-hybridized carbons (Fsp3) is 0.954. The van der Waals surface area contributed by atoms with Crippen molar-refractivity contribution >= 4 is 39.5 Å². The monoisotopic (exact) mass is 1550 g/mol. The Bertz CT molecular complexity index is 2060. The van der Waals surface area contributed by atoms with Gasteiger partial charge in [0.15, 0.2) is 12.2 Å². The van der Waals surface area contributed by atoms with Crippen molar-refractivity contribution < 1.29 is 80.2 Å². The maximum atomic E-state index is 13.1. The Balaban J connectivity index is 5.20.